The Morgan fingerprint density at radius 1 is 0.146 bits per heavy atom. The zero-order valence-electron chi connectivity index (χ0n) is 51.7. The van der Waals surface area contributed by atoms with E-state index in [1.54, 1.807) is 0 Å². The highest BCUT2D eigenvalue weighted by molar-refractivity contribution is 6.14. The van der Waals surface area contributed by atoms with Crippen LogP contribution in [0.1, 0.15) is 0 Å². The molecule has 96 heavy (non-hydrogen) atoms. The van der Waals surface area contributed by atoms with Gasteiger partial charge in [-0.2, -0.15) is 0 Å². The summed E-state index contributed by atoms with van der Waals surface area (Å²) in [5.41, 5.74) is 25.9. The van der Waals surface area contributed by atoms with E-state index < -0.39 is 0 Å². The van der Waals surface area contributed by atoms with Crippen molar-refractivity contribution in [3.05, 3.63) is 328 Å². The molecule has 0 bridgehead atoms. The van der Waals surface area contributed by atoms with E-state index in [2.05, 4.69) is 319 Å². The van der Waals surface area contributed by atoms with Crippen molar-refractivity contribution in [2.75, 3.05) is 0 Å². The number of para-hydroxylation sites is 5. The van der Waals surface area contributed by atoms with Gasteiger partial charge in [-0.15, -0.1) is 0 Å². The Balaban J connectivity index is 0.000000132. The molecule has 6 aromatic heterocycles. The van der Waals surface area contributed by atoms with Crippen molar-refractivity contribution in [1.29, 1.82) is 0 Å². The van der Waals surface area contributed by atoms with E-state index in [9.17, 15) is 0 Å². The predicted molar refractivity (Wildman–Crippen MR) is 398 cm³/mol. The Morgan fingerprint density at radius 2 is 0.385 bits per heavy atom. The first-order valence-corrected chi connectivity index (χ1v) is 32.6. The standard InChI is InChI=1S/C48H29NO2.C42H25NO2/c1-4-16-43-37(13-1)38-14-2-5-17-44(38)49(43)36-21-24-48-42(29-36)41-28-35(20-23-47(41)51-48)33-12-8-10-31(26-33)30-9-7-11-32(25-30)34-19-22-46-40(27-34)39-15-3-6-18-45(39)50-46;1-2-8-26(9-3-1)27-14-18-39-33(22-27)34-23-28(15-19-40(34)44-39)29-16-20-41-35(24-29)36-25-30(17-21-42(36)45-41)43-37-12-6-4-10-31(37)32-11-5-7-13-38(32)43/h1-29H;1-25H. The average Bonchev–Trinajstić information content (AvgIpc) is 1.60. The maximum atomic E-state index is 6.37. The summed E-state index contributed by atoms with van der Waals surface area (Å²) in [6, 6.07) is 116. The first-order valence-electron chi connectivity index (χ1n) is 32.6. The molecule has 0 unspecified atom stereocenters. The molecule has 0 spiro atoms. The smallest absolute Gasteiger partial charge is 0.135 e. The van der Waals surface area contributed by atoms with Crippen molar-refractivity contribution in [3.8, 4) is 67.0 Å². The Hall–Kier alpha value is -12.9. The van der Waals surface area contributed by atoms with E-state index in [1.807, 2.05) is 18.2 Å². The van der Waals surface area contributed by atoms with Gasteiger partial charge in [0.05, 0.1) is 22.1 Å². The lowest BCUT2D eigenvalue weighted by Gasteiger charge is -2.09. The lowest BCUT2D eigenvalue weighted by atomic mass is 9.95. The van der Waals surface area contributed by atoms with Gasteiger partial charge in [0.2, 0.25) is 0 Å². The number of benzene rings is 15. The summed E-state index contributed by atoms with van der Waals surface area (Å²) in [4.78, 5) is 0. The lowest BCUT2D eigenvalue weighted by Crippen LogP contribution is -1.93. The minimum absolute atomic E-state index is 0.885. The fraction of sp³-hybridized carbons (Fsp3) is 0. The van der Waals surface area contributed by atoms with E-state index >= 15 is 0 Å². The minimum Gasteiger partial charge on any atom is -0.456 e. The topological polar surface area (TPSA) is 62.4 Å². The molecule has 0 radical (unpaired) electrons. The van der Waals surface area contributed by atoms with Crippen molar-refractivity contribution in [2.24, 2.45) is 0 Å². The molecule has 448 valence electrons. The van der Waals surface area contributed by atoms with Crippen LogP contribution in [0.5, 0.6) is 0 Å². The molecule has 21 rings (SSSR count). The van der Waals surface area contributed by atoms with E-state index in [0.717, 1.165) is 116 Å². The number of hydrogen-bond donors (Lipinski definition) is 0. The summed E-state index contributed by atoms with van der Waals surface area (Å²) in [6.45, 7) is 0. The quantitative estimate of drug-likeness (QED) is 0.160. The van der Waals surface area contributed by atoms with Crippen LogP contribution in [0.2, 0.25) is 0 Å². The van der Waals surface area contributed by atoms with Gasteiger partial charge < -0.3 is 26.8 Å². The number of hydrogen-bond acceptors (Lipinski definition) is 4. The fourth-order valence-corrected chi connectivity index (χ4v) is 15.0. The van der Waals surface area contributed by atoms with E-state index in [1.165, 1.54) is 82.6 Å². The number of aromatic nitrogens is 2. The summed E-state index contributed by atoms with van der Waals surface area (Å²) in [5.74, 6) is 0. The van der Waals surface area contributed by atoms with Crippen LogP contribution in [0.3, 0.4) is 0 Å². The predicted octanol–water partition coefficient (Wildman–Crippen LogP) is 25.5. The maximum absolute atomic E-state index is 6.37. The number of fused-ring (bicyclic) bond motifs is 18. The highest BCUT2D eigenvalue weighted by atomic mass is 16.3. The second kappa shape index (κ2) is 21.3. The van der Waals surface area contributed by atoms with E-state index in [0.29, 0.717) is 0 Å². The molecule has 0 N–H and O–H groups in total. The third-order valence-corrected chi connectivity index (χ3v) is 19.6. The summed E-state index contributed by atoms with van der Waals surface area (Å²) in [7, 11) is 0. The zero-order valence-corrected chi connectivity index (χ0v) is 51.7. The van der Waals surface area contributed by atoms with Crippen LogP contribution in [0.15, 0.2) is 345 Å². The van der Waals surface area contributed by atoms with Crippen molar-refractivity contribution in [3.63, 3.8) is 0 Å². The van der Waals surface area contributed by atoms with Crippen LogP contribution >= 0.6 is 0 Å². The number of furan rings is 4. The third kappa shape index (κ3) is 8.66. The Kier molecular flexibility index (Phi) is 11.9. The van der Waals surface area contributed by atoms with Crippen LogP contribution in [0, 0.1) is 0 Å². The molecule has 6 heteroatoms. The Bertz CT molecular complexity index is 6620. The molecule has 0 atom stereocenters. The molecule has 0 fully saturated rings. The van der Waals surface area contributed by atoms with Crippen LogP contribution in [0.4, 0.5) is 0 Å². The average molecular weight is 1230 g/mol. The molecule has 0 aliphatic carbocycles. The van der Waals surface area contributed by atoms with Crippen molar-refractivity contribution in [2.45, 2.75) is 0 Å². The third-order valence-electron chi connectivity index (χ3n) is 19.6. The van der Waals surface area contributed by atoms with Crippen molar-refractivity contribution >= 4 is 131 Å². The molecule has 0 saturated heterocycles. The summed E-state index contributed by atoms with van der Waals surface area (Å²) < 4.78 is 29.7. The SMILES string of the molecule is c1cc(-c2cccc(-c3ccc4oc5ccc(-n6c7ccccc7c7ccccc76)cc5c4c3)c2)cc(-c2ccc3oc4ccccc4c3c2)c1.c1ccc(-c2ccc3oc4ccc(-c5ccc6oc7ccc(-n8c9ccccc9c9ccccc98)cc7c6c5)cc4c3c2)cc1. The first kappa shape index (κ1) is 53.7. The molecule has 0 saturated carbocycles. The summed E-state index contributed by atoms with van der Waals surface area (Å²) in [6.07, 6.45) is 0. The van der Waals surface area contributed by atoms with E-state index in [4.69, 9.17) is 17.7 Å². The minimum atomic E-state index is 0.885. The van der Waals surface area contributed by atoms with Crippen molar-refractivity contribution < 1.29 is 17.7 Å². The van der Waals surface area contributed by atoms with Gasteiger partial charge in [-0.25, -0.2) is 0 Å². The van der Waals surface area contributed by atoms with Gasteiger partial charge in [-0.1, -0.05) is 188 Å². The van der Waals surface area contributed by atoms with Crippen molar-refractivity contribution in [1.82, 2.24) is 9.13 Å². The molecule has 6 heterocycles. The highest BCUT2D eigenvalue weighted by Gasteiger charge is 2.19. The van der Waals surface area contributed by atoms with E-state index in [-0.39, 0.29) is 0 Å². The van der Waals surface area contributed by atoms with Gasteiger partial charge in [0.15, 0.2) is 0 Å². The monoisotopic (exact) mass is 1230 g/mol. The molecular weight excluding hydrogens is 1170 g/mol. The summed E-state index contributed by atoms with van der Waals surface area (Å²) in [5, 5.41) is 14.0. The number of nitrogens with zero attached hydrogens (tertiary/aromatic N) is 2. The molecular formula is C90H54N2O4. The van der Waals surface area contributed by atoms with Gasteiger partial charge in [0, 0.05) is 76.0 Å². The first-order chi connectivity index (χ1) is 47.5. The molecule has 15 aromatic carbocycles. The Labute approximate surface area is 549 Å². The number of rotatable bonds is 7. The van der Waals surface area contributed by atoms with Gasteiger partial charge in [0.25, 0.3) is 0 Å². The second-order valence-electron chi connectivity index (χ2n) is 25.1. The lowest BCUT2D eigenvalue weighted by molar-refractivity contribution is 0.668. The van der Waals surface area contributed by atoms with Gasteiger partial charge in [-0.05, 0) is 195 Å². The molecule has 0 amide bonds. The molecule has 0 aliphatic rings. The molecule has 6 nitrogen and oxygen atoms in total. The van der Waals surface area contributed by atoms with Gasteiger partial charge in [-0.3, -0.25) is 0 Å². The zero-order chi connectivity index (χ0) is 63.0. The van der Waals surface area contributed by atoms with Crippen LogP contribution in [-0.4, -0.2) is 9.13 Å². The van der Waals surface area contributed by atoms with Crippen LogP contribution in [0.25, 0.3) is 198 Å². The Morgan fingerprint density at radius 3 is 0.740 bits per heavy atom. The fourth-order valence-electron chi connectivity index (χ4n) is 15.0. The normalized spacial score (nSPS) is 12.0. The molecule has 21 aromatic rings. The summed E-state index contributed by atoms with van der Waals surface area (Å²) >= 11 is 0. The highest BCUT2D eigenvalue weighted by Crippen LogP contribution is 2.43. The molecule has 0 aliphatic heterocycles. The van der Waals surface area contributed by atoms with Gasteiger partial charge in [0.1, 0.15) is 44.7 Å². The largest absolute Gasteiger partial charge is 0.456 e. The second-order valence-corrected chi connectivity index (χ2v) is 25.1. The maximum Gasteiger partial charge on any atom is 0.135 e. The van der Waals surface area contributed by atoms with Crippen LogP contribution < -0.4 is 0 Å². The van der Waals surface area contributed by atoms with Gasteiger partial charge >= 0.3 is 0 Å². The van der Waals surface area contributed by atoms with Crippen LogP contribution in [-0.2, 0) is 0 Å².